The van der Waals surface area contributed by atoms with Crippen LogP contribution in [0.15, 0.2) is 28.1 Å². The summed E-state index contributed by atoms with van der Waals surface area (Å²) in [6.45, 7) is 3.76. The van der Waals surface area contributed by atoms with Gasteiger partial charge < -0.3 is 4.52 Å². The highest BCUT2D eigenvalue weighted by Gasteiger charge is 2.17. The van der Waals surface area contributed by atoms with Crippen LogP contribution in [-0.2, 0) is 0 Å². The molecule has 3 rings (SSSR count). The lowest BCUT2D eigenvalue weighted by atomic mass is 10.5. The van der Waals surface area contributed by atoms with Crippen molar-refractivity contribution in [2.45, 2.75) is 24.3 Å². The number of aryl methyl sites for hydroxylation is 1. The Kier molecular flexibility index (Phi) is 2.71. The van der Waals surface area contributed by atoms with E-state index in [9.17, 15) is 0 Å². The van der Waals surface area contributed by atoms with E-state index in [-0.39, 0.29) is 5.25 Å². The molecule has 0 aliphatic rings. The van der Waals surface area contributed by atoms with E-state index in [2.05, 4.69) is 25.2 Å². The fourth-order valence-electron chi connectivity index (χ4n) is 1.45. The van der Waals surface area contributed by atoms with Crippen LogP contribution in [0.3, 0.4) is 0 Å². The number of hydrogen-bond acceptors (Lipinski definition) is 7. The maximum atomic E-state index is 5.11. The molecule has 0 aromatic carbocycles. The average molecular weight is 262 g/mol. The van der Waals surface area contributed by atoms with E-state index in [0.717, 1.165) is 0 Å². The van der Waals surface area contributed by atoms with Crippen molar-refractivity contribution in [2.24, 2.45) is 0 Å². The van der Waals surface area contributed by atoms with Crippen LogP contribution in [0, 0.1) is 6.92 Å². The molecule has 0 saturated carbocycles. The van der Waals surface area contributed by atoms with Crippen molar-refractivity contribution in [2.75, 3.05) is 0 Å². The Balaban J connectivity index is 1.83. The number of nitrogens with zero attached hydrogens (tertiary/aromatic N) is 6. The number of thioether (sulfide) groups is 1. The highest BCUT2D eigenvalue weighted by atomic mass is 32.2. The van der Waals surface area contributed by atoms with Gasteiger partial charge in [0.05, 0.1) is 5.25 Å². The molecule has 1 atom stereocenters. The molecule has 92 valence electrons. The summed E-state index contributed by atoms with van der Waals surface area (Å²) in [6, 6.07) is 1.81. The third-order valence-corrected chi connectivity index (χ3v) is 3.21. The summed E-state index contributed by atoms with van der Waals surface area (Å²) in [4.78, 5) is 12.6. The molecule has 0 aliphatic carbocycles. The van der Waals surface area contributed by atoms with Crippen molar-refractivity contribution < 1.29 is 4.52 Å². The normalized spacial score (nSPS) is 13.0. The van der Waals surface area contributed by atoms with Crippen LogP contribution < -0.4 is 0 Å². The van der Waals surface area contributed by atoms with Gasteiger partial charge in [0, 0.05) is 12.4 Å². The minimum absolute atomic E-state index is 0.00334. The molecule has 0 aliphatic heterocycles. The molecule has 3 aromatic rings. The maximum absolute atomic E-state index is 5.11. The zero-order valence-corrected chi connectivity index (χ0v) is 10.6. The minimum atomic E-state index is 0.00334. The maximum Gasteiger partial charge on any atom is 0.253 e. The van der Waals surface area contributed by atoms with Crippen LogP contribution in [0.2, 0.25) is 0 Å². The minimum Gasteiger partial charge on any atom is -0.338 e. The monoisotopic (exact) mass is 262 g/mol. The third kappa shape index (κ3) is 2.06. The van der Waals surface area contributed by atoms with Crippen LogP contribution in [0.5, 0.6) is 0 Å². The Morgan fingerprint density at radius 2 is 2.28 bits per heavy atom. The van der Waals surface area contributed by atoms with Gasteiger partial charge in [0.1, 0.15) is 0 Å². The van der Waals surface area contributed by atoms with Crippen molar-refractivity contribution in [1.29, 1.82) is 0 Å². The van der Waals surface area contributed by atoms with E-state index in [1.807, 2.05) is 6.92 Å². The van der Waals surface area contributed by atoms with Gasteiger partial charge in [-0.25, -0.2) is 9.50 Å². The lowest BCUT2D eigenvalue weighted by Gasteiger charge is -2.00. The molecule has 7 nitrogen and oxygen atoms in total. The first kappa shape index (κ1) is 11.1. The van der Waals surface area contributed by atoms with Crippen molar-refractivity contribution >= 4 is 17.5 Å². The number of fused-ring (bicyclic) bond motifs is 1. The Morgan fingerprint density at radius 1 is 1.39 bits per heavy atom. The first-order chi connectivity index (χ1) is 8.72. The van der Waals surface area contributed by atoms with Crippen molar-refractivity contribution in [3.05, 3.63) is 30.2 Å². The third-order valence-electron chi connectivity index (χ3n) is 2.27. The number of rotatable bonds is 3. The fraction of sp³-hybridized carbons (Fsp3) is 0.300. The van der Waals surface area contributed by atoms with Gasteiger partial charge in [-0.1, -0.05) is 16.9 Å². The fourth-order valence-corrected chi connectivity index (χ4v) is 2.23. The van der Waals surface area contributed by atoms with Gasteiger partial charge in [0.2, 0.25) is 11.0 Å². The van der Waals surface area contributed by atoms with Gasteiger partial charge in [0.25, 0.3) is 5.78 Å². The summed E-state index contributed by atoms with van der Waals surface area (Å²) in [5.74, 6) is 1.78. The summed E-state index contributed by atoms with van der Waals surface area (Å²) in [6.07, 6.45) is 3.49. The standard InChI is InChI=1S/C10H10N6OS/c1-6(8-12-7(2)15-17-8)18-10-13-9-11-4-3-5-16(9)14-10/h3-6H,1-2H3. The molecule has 1 unspecified atom stereocenters. The van der Waals surface area contributed by atoms with E-state index < -0.39 is 0 Å². The van der Waals surface area contributed by atoms with E-state index in [1.54, 1.807) is 29.9 Å². The van der Waals surface area contributed by atoms with Crippen LogP contribution in [0.25, 0.3) is 5.78 Å². The van der Waals surface area contributed by atoms with E-state index in [1.165, 1.54) is 11.8 Å². The van der Waals surface area contributed by atoms with Gasteiger partial charge in [-0.15, -0.1) is 5.10 Å². The van der Waals surface area contributed by atoms with Crippen LogP contribution in [0.4, 0.5) is 0 Å². The van der Waals surface area contributed by atoms with E-state index >= 15 is 0 Å². The highest BCUT2D eigenvalue weighted by Crippen LogP contribution is 2.31. The smallest absolute Gasteiger partial charge is 0.253 e. The lowest BCUT2D eigenvalue weighted by Crippen LogP contribution is -1.90. The van der Waals surface area contributed by atoms with Crippen LogP contribution in [-0.4, -0.2) is 29.7 Å². The lowest BCUT2D eigenvalue weighted by molar-refractivity contribution is 0.376. The SMILES string of the molecule is Cc1noc(C(C)Sc2nc3ncccn3n2)n1. The molecule has 3 heterocycles. The van der Waals surface area contributed by atoms with Crippen LogP contribution >= 0.6 is 11.8 Å². The Labute approximate surface area is 107 Å². The second kappa shape index (κ2) is 4.37. The Hall–Kier alpha value is -1.96. The first-order valence-electron chi connectivity index (χ1n) is 5.36. The molecule has 0 radical (unpaired) electrons. The van der Waals surface area contributed by atoms with Gasteiger partial charge in [-0.05, 0) is 19.9 Å². The molecular weight excluding hydrogens is 252 g/mol. The number of aromatic nitrogens is 6. The van der Waals surface area contributed by atoms with Gasteiger partial charge in [-0.2, -0.15) is 9.97 Å². The second-order valence-corrected chi connectivity index (χ2v) is 5.01. The Bertz CT molecular complexity index is 645. The summed E-state index contributed by atoms with van der Waals surface area (Å²) in [5.41, 5.74) is 0. The van der Waals surface area contributed by atoms with Crippen LogP contribution in [0.1, 0.15) is 23.9 Å². The first-order valence-corrected chi connectivity index (χ1v) is 6.24. The molecule has 0 bridgehead atoms. The molecule has 0 fully saturated rings. The van der Waals surface area contributed by atoms with Gasteiger partial charge >= 0.3 is 0 Å². The quantitative estimate of drug-likeness (QED) is 0.664. The largest absolute Gasteiger partial charge is 0.338 e. The summed E-state index contributed by atoms with van der Waals surface area (Å²) >= 11 is 1.46. The molecular formula is C10H10N6OS. The van der Waals surface area contributed by atoms with Crippen molar-refractivity contribution in [3.8, 4) is 0 Å². The summed E-state index contributed by atoms with van der Waals surface area (Å²) in [5, 5.41) is 8.70. The highest BCUT2D eigenvalue weighted by molar-refractivity contribution is 7.99. The number of hydrogen-bond donors (Lipinski definition) is 0. The zero-order valence-electron chi connectivity index (χ0n) is 9.81. The molecule has 0 saturated heterocycles. The molecule has 0 N–H and O–H groups in total. The van der Waals surface area contributed by atoms with E-state index in [4.69, 9.17) is 4.52 Å². The zero-order chi connectivity index (χ0) is 12.5. The van der Waals surface area contributed by atoms with Gasteiger partial charge in [0.15, 0.2) is 5.82 Å². The second-order valence-electron chi connectivity index (χ2n) is 3.70. The summed E-state index contributed by atoms with van der Waals surface area (Å²) < 4.78 is 6.75. The predicted molar refractivity (Wildman–Crippen MR) is 64.1 cm³/mol. The molecule has 0 amide bonds. The molecule has 3 aromatic heterocycles. The molecule has 0 spiro atoms. The van der Waals surface area contributed by atoms with Crippen molar-refractivity contribution in [1.82, 2.24) is 29.7 Å². The topological polar surface area (TPSA) is 82.0 Å². The van der Waals surface area contributed by atoms with E-state index in [0.29, 0.717) is 22.6 Å². The predicted octanol–water partition coefficient (Wildman–Crippen LogP) is 1.67. The average Bonchev–Trinajstić information content (AvgIpc) is 2.94. The van der Waals surface area contributed by atoms with Crippen molar-refractivity contribution in [3.63, 3.8) is 0 Å². The summed E-state index contributed by atoms with van der Waals surface area (Å²) in [7, 11) is 0. The van der Waals surface area contributed by atoms with Gasteiger partial charge in [-0.3, -0.25) is 0 Å². The molecule has 8 heteroatoms. The molecule has 18 heavy (non-hydrogen) atoms. The Morgan fingerprint density at radius 3 is 3.00 bits per heavy atom.